The predicted molar refractivity (Wildman–Crippen MR) is 152 cm³/mol. The summed E-state index contributed by atoms with van der Waals surface area (Å²) in [4.78, 5) is 61.7. The number of carbonyl (C=O) groups excluding carboxylic acids is 3. The summed E-state index contributed by atoms with van der Waals surface area (Å²) in [7, 11) is 0. The minimum absolute atomic E-state index is 0.0517. The van der Waals surface area contributed by atoms with E-state index in [9.17, 15) is 24.3 Å². The molecule has 15 nitrogen and oxygen atoms in total. The molecule has 2 aromatic rings. The molecule has 1 fully saturated rings. The third-order valence-electron chi connectivity index (χ3n) is 5.37. The Morgan fingerprint density at radius 2 is 2.02 bits per heavy atom. The molecule has 2 amide bonds. The molecule has 0 aliphatic carbocycles. The summed E-state index contributed by atoms with van der Waals surface area (Å²) < 4.78 is 10.0. The molecule has 2 aliphatic heterocycles. The van der Waals surface area contributed by atoms with Gasteiger partial charge in [0, 0.05) is 23.0 Å². The number of nitrogens with zero attached hydrogens (tertiary/aromatic N) is 6. The van der Waals surface area contributed by atoms with E-state index in [0.717, 1.165) is 16.4 Å². The molecule has 0 saturated carbocycles. The maximum absolute atomic E-state index is 13.3. The normalized spacial score (nSPS) is 19.4. The van der Waals surface area contributed by atoms with Crippen LogP contribution in [0.4, 0.5) is 5.13 Å². The van der Waals surface area contributed by atoms with Crippen LogP contribution >= 0.6 is 46.4 Å². The Labute approximate surface area is 250 Å². The van der Waals surface area contributed by atoms with Crippen molar-refractivity contribution < 1.29 is 33.9 Å². The van der Waals surface area contributed by atoms with Crippen molar-refractivity contribution >= 4 is 81.0 Å². The monoisotopic (exact) mass is 642 g/mol. The second kappa shape index (κ2) is 11.9. The van der Waals surface area contributed by atoms with Gasteiger partial charge in [-0.3, -0.25) is 14.5 Å². The summed E-state index contributed by atoms with van der Waals surface area (Å²) in [6.45, 7) is 7.90. The number of carboxylic acid groups (broad SMARTS) is 1. The highest BCUT2D eigenvalue weighted by atomic mass is 32.2. The van der Waals surface area contributed by atoms with E-state index in [1.807, 2.05) is 0 Å². The van der Waals surface area contributed by atoms with Crippen LogP contribution in [0.1, 0.15) is 40.4 Å². The first kappa shape index (κ1) is 30.7. The lowest BCUT2D eigenvalue weighted by Crippen LogP contribution is -2.71. The molecule has 4 heterocycles. The molecule has 4 rings (SSSR count). The van der Waals surface area contributed by atoms with Crippen molar-refractivity contribution in [2.24, 2.45) is 5.16 Å². The van der Waals surface area contributed by atoms with Gasteiger partial charge in [-0.1, -0.05) is 28.3 Å². The van der Waals surface area contributed by atoms with Crippen LogP contribution in [0.25, 0.3) is 0 Å². The fourth-order valence-corrected chi connectivity index (χ4v) is 6.90. The Balaban J connectivity index is 1.51. The van der Waals surface area contributed by atoms with Crippen LogP contribution in [-0.2, 0) is 28.8 Å². The van der Waals surface area contributed by atoms with Crippen molar-refractivity contribution in [3.05, 3.63) is 22.6 Å². The highest BCUT2D eigenvalue weighted by Crippen LogP contribution is 2.41. The molecule has 4 N–H and O–H groups in total. The van der Waals surface area contributed by atoms with Crippen LogP contribution in [0.5, 0.6) is 0 Å². The number of oxime groups is 1. The molecule has 1 unspecified atom stereocenters. The van der Waals surface area contributed by atoms with Gasteiger partial charge in [0.25, 0.3) is 11.8 Å². The molecule has 2 aromatic heterocycles. The quantitative estimate of drug-likeness (QED) is 0.110. The highest BCUT2D eigenvalue weighted by Gasteiger charge is 2.54. The third-order valence-corrected chi connectivity index (χ3v) is 9.20. The summed E-state index contributed by atoms with van der Waals surface area (Å²) in [6.07, 6.45) is 0. The lowest BCUT2D eigenvalue weighted by atomic mass is 10.0. The number of fused-ring (bicyclic) bond motifs is 1. The Kier molecular flexibility index (Phi) is 8.90. The number of hydrogen-bond donors (Lipinski definition) is 3. The smallest absolute Gasteiger partial charge is 0.353 e. The topological polar surface area (TPSA) is 212 Å². The number of anilines is 1. The van der Waals surface area contributed by atoms with Gasteiger partial charge in [-0.15, -0.1) is 22.0 Å². The number of aliphatic carboxylic acids is 1. The lowest BCUT2D eigenvalue weighted by Gasteiger charge is -2.49. The van der Waals surface area contributed by atoms with E-state index in [-0.39, 0.29) is 16.7 Å². The van der Waals surface area contributed by atoms with Crippen molar-refractivity contribution in [1.29, 1.82) is 0 Å². The fraction of sp³-hybridized carbons (Fsp3) is 0.500. The van der Waals surface area contributed by atoms with E-state index < -0.39 is 52.1 Å². The summed E-state index contributed by atoms with van der Waals surface area (Å²) in [6, 6.07) is -1.06. The highest BCUT2D eigenvalue weighted by molar-refractivity contribution is 8.01. The van der Waals surface area contributed by atoms with E-state index in [2.05, 4.69) is 30.0 Å². The van der Waals surface area contributed by atoms with Crippen molar-refractivity contribution in [3.63, 3.8) is 0 Å². The van der Waals surface area contributed by atoms with E-state index in [1.165, 1.54) is 48.7 Å². The molecule has 0 radical (unpaired) electrons. The van der Waals surface area contributed by atoms with E-state index in [4.69, 9.17) is 15.3 Å². The first-order valence-electron chi connectivity index (χ1n) is 11.9. The van der Waals surface area contributed by atoms with Gasteiger partial charge in [-0.25, -0.2) is 9.59 Å². The molecule has 0 aromatic carbocycles. The number of amides is 2. The van der Waals surface area contributed by atoms with Gasteiger partial charge in [0.05, 0.1) is 0 Å². The molecule has 220 valence electrons. The number of nitrogens with one attached hydrogen (secondary N) is 1. The van der Waals surface area contributed by atoms with Gasteiger partial charge in [0.15, 0.2) is 9.47 Å². The standard InChI is InChI=1S/C22H26N8O7S4/c1-21(2,3)36-18(35)22(4,5)37-28-10(13-26-19(23)41-29-13)14(31)25-11-15(32)30-12(17(33)34)9(6-38-16(11)30)7-39-20-27-24-8-40-20/h8,11,16H,6-7H2,1-5H3,(H,25,31)(H,33,34)(H2,23,26,29)/t11?,16-/m0/s1. The molecule has 0 spiro atoms. The predicted octanol–water partition coefficient (Wildman–Crippen LogP) is 1.34. The molecular weight excluding hydrogens is 617 g/mol. The maximum atomic E-state index is 13.3. The Hall–Kier alpha value is -3.29. The lowest BCUT2D eigenvalue weighted by molar-refractivity contribution is -0.179. The number of aromatic nitrogens is 4. The number of rotatable bonds is 10. The SMILES string of the molecule is CC(C)(C)OC(=O)C(C)(C)ON=C(C(=O)NC1C(=O)N2C(C(=O)O)=C(CSc3nncs3)CS[C@@H]12)c1nsc(N)n1. The van der Waals surface area contributed by atoms with Crippen LogP contribution in [-0.4, -0.2) is 93.1 Å². The number of thioether (sulfide) groups is 2. The third kappa shape index (κ3) is 6.96. The van der Waals surface area contributed by atoms with Gasteiger partial charge in [0.2, 0.25) is 17.1 Å². The first-order valence-corrected chi connectivity index (χ1v) is 15.6. The summed E-state index contributed by atoms with van der Waals surface area (Å²) >= 11 is 4.78. The van der Waals surface area contributed by atoms with Gasteiger partial charge in [0.1, 0.15) is 28.2 Å². The number of esters is 1. The van der Waals surface area contributed by atoms with Crippen molar-refractivity contribution in [2.75, 3.05) is 17.2 Å². The number of carbonyl (C=O) groups is 4. The van der Waals surface area contributed by atoms with Crippen LogP contribution in [0, 0.1) is 0 Å². The van der Waals surface area contributed by atoms with Gasteiger partial charge < -0.3 is 25.7 Å². The van der Waals surface area contributed by atoms with Gasteiger partial charge in [-0.05, 0) is 40.2 Å². The largest absolute Gasteiger partial charge is 0.477 e. The van der Waals surface area contributed by atoms with E-state index in [0.29, 0.717) is 21.4 Å². The summed E-state index contributed by atoms with van der Waals surface area (Å²) in [5, 5.41) is 23.4. The number of carboxylic acids is 1. The Bertz CT molecular complexity index is 1420. The molecule has 41 heavy (non-hydrogen) atoms. The minimum atomic E-state index is -1.59. The van der Waals surface area contributed by atoms with Crippen molar-refractivity contribution in [1.82, 2.24) is 29.8 Å². The fourth-order valence-electron chi connectivity index (χ4n) is 3.49. The van der Waals surface area contributed by atoms with E-state index in [1.54, 1.807) is 26.3 Å². The molecule has 2 aliphatic rings. The molecule has 2 atom stereocenters. The van der Waals surface area contributed by atoms with Crippen LogP contribution in [0.15, 0.2) is 26.3 Å². The average molecular weight is 643 g/mol. The zero-order valence-corrected chi connectivity index (χ0v) is 25.7. The minimum Gasteiger partial charge on any atom is -0.477 e. The van der Waals surface area contributed by atoms with Crippen molar-refractivity contribution in [3.8, 4) is 0 Å². The summed E-state index contributed by atoms with van der Waals surface area (Å²) in [5.41, 5.74) is 4.89. The van der Waals surface area contributed by atoms with Crippen LogP contribution in [0.3, 0.4) is 0 Å². The summed E-state index contributed by atoms with van der Waals surface area (Å²) in [5.74, 6) is -2.99. The number of ether oxygens (including phenoxy) is 1. The Morgan fingerprint density at radius 3 is 2.61 bits per heavy atom. The number of hydrogen-bond acceptors (Lipinski definition) is 16. The zero-order chi connectivity index (χ0) is 30.1. The number of nitrogens with two attached hydrogens (primary N) is 1. The molecule has 1 saturated heterocycles. The molecule has 19 heteroatoms. The molecular formula is C22H26N8O7S4. The van der Waals surface area contributed by atoms with Crippen LogP contribution < -0.4 is 11.1 Å². The second-order valence-corrected chi connectivity index (χ2v) is 14.1. The van der Waals surface area contributed by atoms with Gasteiger partial charge in [-0.2, -0.15) is 9.36 Å². The first-order chi connectivity index (χ1) is 19.2. The van der Waals surface area contributed by atoms with Gasteiger partial charge >= 0.3 is 11.9 Å². The maximum Gasteiger partial charge on any atom is 0.353 e. The van der Waals surface area contributed by atoms with Crippen LogP contribution in [0.2, 0.25) is 0 Å². The average Bonchev–Trinajstić information content (AvgIpc) is 3.56. The zero-order valence-electron chi connectivity index (χ0n) is 22.4. The Morgan fingerprint density at radius 1 is 1.29 bits per heavy atom. The second-order valence-electron chi connectivity index (χ2n) is 10.1. The van der Waals surface area contributed by atoms with Crippen molar-refractivity contribution in [2.45, 2.75) is 61.6 Å². The molecule has 0 bridgehead atoms. The number of β-lactam (4-membered cyclic amide) rings is 1. The van der Waals surface area contributed by atoms with E-state index >= 15 is 0 Å². The number of nitrogen functional groups attached to an aromatic ring is 1.